The van der Waals surface area contributed by atoms with Crippen LogP contribution in [0.3, 0.4) is 0 Å². The fourth-order valence-electron chi connectivity index (χ4n) is 1.60. The minimum absolute atomic E-state index is 0.279. The quantitative estimate of drug-likeness (QED) is 0.338. The summed E-state index contributed by atoms with van der Waals surface area (Å²) in [7, 11) is -3.11. The zero-order chi connectivity index (χ0) is 17.8. The summed E-state index contributed by atoms with van der Waals surface area (Å²) in [6, 6.07) is 1.16. The van der Waals surface area contributed by atoms with E-state index in [0.717, 1.165) is 19.2 Å². The number of aliphatic carboxylic acids is 1. The van der Waals surface area contributed by atoms with Crippen LogP contribution in [-0.4, -0.2) is 43.5 Å². The molecule has 0 bridgehead atoms. The van der Waals surface area contributed by atoms with E-state index >= 15 is 0 Å². The molecule has 0 amide bonds. The smallest absolute Gasteiger partial charge is 0.326 e. The monoisotopic (exact) mass is 347 g/mol. The van der Waals surface area contributed by atoms with Gasteiger partial charge in [0.2, 0.25) is 10.0 Å². The molecule has 1 unspecified atom stereocenters. The standard InChI is InChI=1S/C11H13N3O8S/c1-22-10(15)5-8(11(16)17)13-7-3-2-6(23(12,20)21)4-9(7)14(18)19/h2-4,8,13H,5H2,1H3,(H,16,17)(H2,12,20,21). The average Bonchev–Trinajstić information content (AvgIpc) is 2.45. The van der Waals surface area contributed by atoms with Crippen molar-refractivity contribution in [2.75, 3.05) is 12.4 Å². The molecule has 12 heteroatoms. The molecule has 1 atom stereocenters. The summed E-state index contributed by atoms with van der Waals surface area (Å²) >= 11 is 0. The van der Waals surface area contributed by atoms with E-state index in [1.54, 1.807) is 0 Å². The number of rotatable bonds is 7. The molecule has 0 aromatic heterocycles. The predicted molar refractivity (Wildman–Crippen MR) is 76.1 cm³/mol. The van der Waals surface area contributed by atoms with Gasteiger partial charge in [-0.2, -0.15) is 0 Å². The normalized spacial score (nSPS) is 12.3. The zero-order valence-corrected chi connectivity index (χ0v) is 12.6. The van der Waals surface area contributed by atoms with E-state index in [2.05, 4.69) is 10.1 Å². The average molecular weight is 347 g/mol. The van der Waals surface area contributed by atoms with Crippen LogP contribution in [0.5, 0.6) is 0 Å². The van der Waals surface area contributed by atoms with Crippen LogP contribution in [0.4, 0.5) is 11.4 Å². The Morgan fingerprint density at radius 2 is 2.09 bits per heavy atom. The lowest BCUT2D eigenvalue weighted by atomic mass is 10.2. The largest absolute Gasteiger partial charge is 0.480 e. The highest BCUT2D eigenvalue weighted by molar-refractivity contribution is 7.89. The summed E-state index contributed by atoms with van der Waals surface area (Å²) in [5, 5.41) is 27.2. The number of hydrogen-bond donors (Lipinski definition) is 3. The van der Waals surface area contributed by atoms with Gasteiger partial charge in [0, 0.05) is 6.07 Å². The molecule has 4 N–H and O–H groups in total. The number of anilines is 1. The van der Waals surface area contributed by atoms with E-state index in [4.69, 9.17) is 10.2 Å². The van der Waals surface area contributed by atoms with Crippen LogP contribution in [0.2, 0.25) is 0 Å². The van der Waals surface area contributed by atoms with Crippen molar-refractivity contribution in [3.05, 3.63) is 28.3 Å². The molecule has 126 valence electrons. The van der Waals surface area contributed by atoms with Crippen LogP contribution >= 0.6 is 0 Å². The molecular formula is C11H13N3O8S. The number of primary sulfonamides is 1. The summed E-state index contributed by atoms with van der Waals surface area (Å²) in [5.41, 5.74) is -0.980. The number of carboxylic acid groups (broad SMARTS) is 1. The molecule has 0 saturated heterocycles. The van der Waals surface area contributed by atoms with Crippen molar-refractivity contribution in [2.45, 2.75) is 17.4 Å². The number of nitrogens with zero attached hydrogens (tertiary/aromatic N) is 1. The molecular weight excluding hydrogens is 334 g/mol. The third-order valence-electron chi connectivity index (χ3n) is 2.72. The molecule has 0 radical (unpaired) electrons. The fourth-order valence-corrected chi connectivity index (χ4v) is 2.13. The van der Waals surface area contributed by atoms with Gasteiger partial charge in [0.15, 0.2) is 0 Å². The minimum Gasteiger partial charge on any atom is -0.480 e. The second-order valence-electron chi connectivity index (χ2n) is 4.30. The van der Waals surface area contributed by atoms with Crippen LogP contribution in [0.25, 0.3) is 0 Å². The first-order chi connectivity index (χ1) is 10.6. The summed E-state index contributed by atoms with van der Waals surface area (Å²) < 4.78 is 26.8. The molecule has 0 spiro atoms. The Balaban J connectivity index is 3.23. The molecule has 1 rings (SSSR count). The van der Waals surface area contributed by atoms with Crippen LogP contribution in [0.15, 0.2) is 23.1 Å². The number of ether oxygens (including phenoxy) is 1. The molecule has 1 aromatic carbocycles. The number of benzene rings is 1. The number of carbonyl (C=O) groups is 2. The SMILES string of the molecule is COC(=O)CC(Nc1ccc(S(N)(=O)=O)cc1[N+](=O)[O-])C(=O)O. The van der Waals surface area contributed by atoms with Crippen molar-refractivity contribution < 1.29 is 32.8 Å². The molecule has 11 nitrogen and oxygen atoms in total. The van der Waals surface area contributed by atoms with Crippen LogP contribution in [0, 0.1) is 10.1 Å². The van der Waals surface area contributed by atoms with Crippen molar-refractivity contribution in [1.82, 2.24) is 0 Å². The maximum atomic E-state index is 11.2. The van der Waals surface area contributed by atoms with Crippen molar-refractivity contribution in [2.24, 2.45) is 5.14 Å². The number of sulfonamides is 1. The number of esters is 1. The maximum absolute atomic E-state index is 11.2. The van der Waals surface area contributed by atoms with Gasteiger partial charge in [-0.25, -0.2) is 18.4 Å². The Labute approximate surface area is 130 Å². The summed E-state index contributed by atoms with van der Waals surface area (Å²) in [4.78, 5) is 31.9. The highest BCUT2D eigenvalue weighted by atomic mass is 32.2. The summed E-state index contributed by atoms with van der Waals surface area (Å²) in [6.45, 7) is 0. The first-order valence-corrected chi connectivity index (χ1v) is 7.48. The van der Waals surface area contributed by atoms with E-state index in [1.165, 1.54) is 0 Å². The molecule has 0 heterocycles. The highest BCUT2D eigenvalue weighted by Gasteiger charge is 2.26. The highest BCUT2D eigenvalue weighted by Crippen LogP contribution is 2.28. The molecule has 0 saturated carbocycles. The third-order valence-corrected chi connectivity index (χ3v) is 3.63. The second kappa shape index (κ2) is 7.02. The van der Waals surface area contributed by atoms with Gasteiger partial charge >= 0.3 is 11.9 Å². The molecule has 0 aliphatic heterocycles. The second-order valence-corrected chi connectivity index (χ2v) is 5.86. The van der Waals surface area contributed by atoms with Gasteiger partial charge in [0.1, 0.15) is 11.7 Å². The Kier molecular flexibility index (Phi) is 5.59. The van der Waals surface area contributed by atoms with Crippen molar-refractivity contribution >= 4 is 33.3 Å². The van der Waals surface area contributed by atoms with E-state index in [0.29, 0.717) is 6.07 Å². The maximum Gasteiger partial charge on any atom is 0.326 e. The Morgan fingerprint density at radius 3 is 2.52 bits per heavy atom. The Morgan fingerprint density at radius 1 is 1.48 bits per heavy atom. The summed E-state index contributed by atoms with van der Waals surface area (Å²) in [6.07, 6.45) is -0.583. The van der Waals surface area contributed by atoms with E-state index in [-0.39, 0.29) is 5.69 Å². The van der Waals surface area contributed by atoms with Crippen LogP contribution < -0.4 is 10.5 Å². The number of nitrogens with one attached hydrogen (secondary N) is 1. The number of methoxy groups -OCH3 is 1. The number of hydrogen-bond acceptors (Lipinski definition) is 8. The molecule has 0 fully saturated rings. The van der Waals surface area contributed by atoms with Gasteiger partial charge in [-0.1, -0.05) is 0 Å². The van der Waals surface area contributed by atoms with Gasteiger partial charge in [-0.3, -0.25) is 14.9 Å². The van der Waals surface area contributed by atoms with Gasteiger partial charge in [-0.05, 0) is 12.1 Å². The number of nitro groups is 1. The fraction of sp³-hybridized carbons (Fsp3) is 0.273. The first kappa shape index (κ1) is 18.3. The van der Waals surface area contributed by atoms with Gasteiger partial charge in [0.05, 0.1) is 23.3 Å². The minimum atomic E-state index is -4.17. The number of nitrogens with two attached hydrogens (primary N) is 1. The summed E-state index contributed by atoms with van der Waals surface area (Å²) in [5.74, 6) is -2.28. The number of nitro benzene ring substituents is 1. The van der Waals surface area contributed by atoms with Crippen molar-refractivity contribution in [3.8, 4) is 0 Å². The van der Waals surface area contributed by atoms with Crippen LogP contribution in [-0.2, 0) is 24.3 Å². The predicted octanol–water partition coefficient (Wildman–Crippen LogP) is -0.330. The van der Waals surface area contributed by atoms with E-state index in [1.807, 2.05) is 0 Å². The molecule has 0 aliphatic carbocycles. The third kappa shape index (κ3) is 4.89. The first-order valence-electron chi connectivity index (χ1n) is 5.93. The van der Waals surface area contributed by atoms with E-state index < -0.39 is 49.9 Å². The topological polar surface area (TPSA) is 179 Å². The number of carbonyl (C=O) groups excluding carboxylic acids is 1. The van der Waals surface area contributed by atoms with E-state index in [9.17, 15) is 28.1 Å². The van der Waals surface area contributed by atoms with Gasteiger partial charge in [0.25, 0.3) is 5.69 Å². The Bertz CT molecular complexity index is 746. The van der Waals surface area contributed by atoms with Crippen molar-refractivity contribution in [3.63, 3.8) is 0 Å². The molecule has 23 heavy (non-hydrogen) atoms. The number of carboxylic acids is 1. The lowest BCUT2D eigenvalue weighted by Gasteiger charge is -2.15. The van der Waals surface area contributed by atoms with Gasteiger partial charge < -0.3 is 15.2 Å². The van der Waals surface area contributed by atoms with Crippen LogP contribution in [0.1, 0.15) is 6.42 Å². The molecule has 1 aromatic rings. The Hall–Kier alpha value is -2.73. The van der Waals surface area contributed by atoms with Crippen molar-refractivity contribution in [1.29, 1.82) is 0 Å². The zero-order valence-electron chi connectivity index (χ0n) is 11.8. The molecule has 0 aliphatic rings. The lowest BCUT2D eigenvalue weighted by Crippen LogP contribution is -2.32. The van der Waals surface area contributed by atoms with Gasteiger partial charge in [-0.15, -0.1) is 0 Å². The lowest BCUT2D eigenvalue weighted by molar-refractivity contribution is -0.384.